The normalized spacial score (nSPS) is 10.0. The predicted molar refractivity (Wildman–Crippen MR) is 202 cm³/mol. The van der Waals surface area contributed by atoms with Crippen LogP contribution in [0.1, 0.15) is 66.8 Å². The minimum atomic E-state index is 0.182. The molecule has 0 aliphatic rings. The second-order valence-corrected chi connectivity index (χ2v) is 12.5. The van der Waals surface area contributed by atoms with Crippen LogP contribution in [0.5, 0.6) is 34.5 Å². The largest absolute Gasteiger partial charge is 0.457 e. The fourth-order valence-corrected chi connectivity index (χ4v) is 6.14. The first-order valence-electron chi connectivity index (χ1n) is 16.9. The quantitative estimate of drug-likeness (QED) is 0.134. The molecule has 0 saturated carbocycles. The third-order valence-corrected chi connectivity index (χ3v) is 8.88. The number of rotatable bonds is 10. The van der Waals surface area contributed by atoms with Crippen molar-refractivity contribution in [2.24, 2.45) is 0 Å². The SMILES string of the molecule is Cc1cccc(Cc2cccc(Cc3cccc(C)c3Oc3ccc(C#N)c(C#N)c3)c2Oc2ccc(C#N)c(C#N)c2)c1Oc1ccc(C#N)c(C#N)c1. The van der Waals surface area contributed by atoms with Crippen LogP contribution in [-0.4, -0.2) is 0 Å². The van der Waals surface area contributed by atoms with Crippen molar-refractivity contribution >= 4 is 0 Å². The van der Waals surface area contributed by atoms with Gasteiger partial charge in [-0.25, -0.2) is 0 Å². The van der Waals surface area contributed by atoms with Gasteiger partial charge in [0.25, 0.3) is 0 Å². The van der Waals surface area contributed by atoms with Gasteiger partial charge in [0.05, 0.1) is 33.4 Å². The van der Waals surface area contributed by atoms with Gasteiger partial charge in [-0.1, -0.05) is 54.6 Å². The molecule has 0 aliphatic carbocycles. The van der Waals surface area contributed by atoms with Crippen molar-refractivity contribution in [3.05, 3.63) is 176 Å². The van der Waals surface area contributed by atoms with E-state index in [1.165, 1.54) is 6.07 Å². The molecule has 0 spiro atoms. The van der Waals surface area contributed by atoms with Crippen molar-refractivity contribution in [3.63, 3.8) is 0 Å². The lowest BCUT2D eigenvalue weighted by molar-refractivity contribution is 0.464. The molecule has 9 heteroatoms. The summed E-state index contributed by atoms with van der Waals surface area (Å²) in [4.78, 5) is 0. The van der Waals surface area contributed by atoms with Crippen molar-refractivity contribution < 1.29 is 14.2 Å². The molecule has 6 aromatic rings. The Hall–Kier alpha value is -8.34. The first-order chi connectivity index (χ1) is 26.8. The number of para-hydroxylation sites is 3. The molecule has 0 aliphatic heterocycles. The van der Waals surface area contributed by atoms with E-state index >= 15 is 0 Å². The number of hydrogen-bond acceptors (Lipinski definition) is 9. The van der Waals surface area contributed by atoms with Gasteiger partial charge in [0.1, 0.15) is 70.9 Å². The third-order valence-electron chi connectivity index (χ3n) is 8.88. The Bertz CT molecular complexity index is 2600. The van der Waals surface area contributed by atoms with Gasteiger partial charge in [-0.2, -0.15) is 31.6 Å². The number of aryl methyl sites for hydroxylation is 2. The number of benzene rings is 6. The highest BCUT2D eigenvalue weighted by molar-refractivity contribution is 5.57. The van der Waals surface area contributed by atoms with Crippen LogP contribution >= 0.6 is 0 Å². The maximum absolute atomic E-state index is 9.77. The predicted octanol–water partition coefficient (Wildman–Crippen LogP) is 10.1. The first kappa shape index (κ1) is 36.5. The van der Waals surface area contributed by atoms with Crippen LogP contribution in [0.4, 0.5) is 0 Å². The molecule has 0 saturated heterocycles. The fourth-order valence-electron chi connectivity index (χ4n) is 6.14. The van der Waals surface area contributed by atoms with Gasteiger partial charge in [0.2, 0.25) is 0 Å². The van der Waals surface area contributed by atoms with E-state index in [0.717, 1.165) is 33.4 Å². The highest BCUT2D eigenvalue weighted by atomic mass is 16.5. The van der Waals surface area contributed by atoms with Crippen LogP contribution in [0.2, 0.25) is 0 Å². The molecular formula is C46H28N6O3. The van der Waals surface area contributed by atoms with Gasteiger partial charge < -0.3 is 14.2 Å². The Morgan fingerprint density at radius 2 is 0.655 bits per heavy atom. The van der Waals surface area contributed by atoms with Gasteiger partial charge in [-0.3, -0.25) is 0 Å². The summed E-state index contributed by atoms with van der Waals surface area (Å²) in [7, 11) is 0. The Balaban J connectivity index is 1.43. The van der Waals surface area contributed by atoms with E-state index in [9.17, 15) is 31.6 Å². The third kappa shape index (κ3) is 7.95. The highest BCUT2D eigenvalue weighted by Gasteiger charge is 2.19. The Labute approximate surface area is 318 Å². The maximum atomic E-state index is 9.77. The Morgan fingerprint density at radius 1 is 0.364 bits per heavy atom. The monoisotopic (exact) mass is 712 g/mol. The molecule has 0 N–H and O–H groups in total. The number of hydrogen-bond donors (Lipinski definition) is 0. The van der Waals surface area contributed by atoms with E-state index in [1.807, 2.05) is 86.7 Å². The summed E-state index contributed by atoms with van der Waals surface area (Å²) in [6.45, 7) is 3.85. The van der Waals surface area contributed by atoms with E-state index in [2.05, 4.69) is 18.2 Å². The topological polar surface area (TPSA) is 170 Å². The molecule has 6 aromatic carbocycles. The maximum Gasteiger partial charge on any atom is 0.134 e. The molecule has 0 amide bonds. The van der Waals surface area contributed by atoms with E-state index in [0.29, 0.717) is 47.3 Å². The van der Waals surface area contributed by atoms with Crippen molar-refractivity contribution in [3.8, 4) is 70.9 Å². The first-order valence-corrected chi connectivity index (χ1v) is 16.9. The van der Waals surface area contributed by atoms with Gasteiger partial charge in [0, 0.05) is 12.8 Å². The summed E-state index contributed by atoms with van der Waals surface area (Å²) < 4.78 is 19.4. The molecule has 0 bridgehead atoms. The molecule has 6 rings (SSSR count). The fraction of sp³-hybridized carbons (Fsp3) is 0.0870. The van der Waals surface area contributed by atoms with Gasteiger partial charge in [0.15, 0.2) is 0 Å². The lowest BCUT2D eigenvalue weighted by Crippen LogP contribution is -2.03. The van der Waals surface area contributed by atoms with Crippen LogP contribution in [0.15, 0.2) is 109 Å². The molecular weight excluding hydrogens is 685 g/mol. The molecule has 0 aromatic heterocycles. The summed E-state index contributed by atoms with van der Waals surface area (Å²) in [5.74, 6) is 2.90. The van der Waals surface area contributed by atoms with Gasteiger partial charge >= 0.3 is 0 Å². The molecule has 0 unspecified atom stereocenters. The lowest BCUT2D eigenvalue weighted by atomic mass is 9.95. The van der Waals surface area contributed by atoms with Crippen molar-refractivity contribution in [2.45, 2.75) is 26.7 Å². The standard InChI is InChI=1S/C46H28N6O3/c1-29-6-3-8-31(44(29)53-41-15-12-35(23-47)38(20-41)26-50)18-33-10-5-11-34(46(33)55-43-17-14-37(25-49)40(22-43)28-52)19-32-9-4-7-30(2)45(32)54-42-16-13-36(24-48)39(21-42)27-51/h3-17,20-22H,18-19H2,1-2H3. The van der Waals surface area contributed by atoms with E-state index < -0.39 is 0 Å². The summed E-state index contributed by atoms with van der Waals surface area (Å²) in [5, 5.41) is 57.3. The summed E-state index contributed by atoms with van der Waals surface area (Å²) >= 11 is 0. The van der Waals surface area contributed by atoms with E-state index in [4.69, 9.17) is 14.2 Å². The zero-order valence-electron chi connectivity index (χ0n) is 29.7. The number of nitrogens with zero attached hydrogens (tertiary/aromatic N) is 6. The Morgan fingerprint density at radius 3 is 0.982 bits per heavy atom. The molecule has 0 heterocycles. The van der Waals surface area contributed by atoms with Crippen LogP contribution in [0.3, 0.4) is 0 Å². The summed E-state index contributed by atoms with van der Waals surface area (Å²) in [6.07, 6.45) is 0.727. The molecule has 0 radical (unpaired) electrons. The summed E-state index contributed by atoms with van der Waals surface area (Å²) in [5.41, 5.74) is 6.32. The number of ether oxygens (including phenoxy) is 3. The van der Waals surface area contributed by atoms with Crippen LogP contribution in [0.25, 0.3) is 0 Å². The molecule has 260 valence electrons. The van der Waals surface area contributed by atoms with Crippen LogP contribution in [0, 0.1) is 81.8 Å². The van der Waals surface area contributed by atoms with Gasteiger partial charge in [-0.05, 0) is 102 Å². The van der Waals surface area contributed by atoms with E-state index in [1.54, 1.807) is 48.5 Å². The minimum Gasteiger partial charge on any atom is -0.457 e. The zero-order valence-corrected chi connectivity index (χ0v) is 29.7. The molecule has 0 fully saturated rings. The molecule has 55 heavy (non-hydrogen) atoms. The molecule has 0 atom stereocenters. The van der Waals surface area contributed by atoms with Crippen LogP contribution in [-0.2, 0) is 12.8 Å². The molecule has 9 nitrogen and oxygen atoms in total. The van der Waals surface area contributed by atoms with Gasteiger partial charge in [-0.15, -0.1) is 0 Å². The highest BCUT2D eigenvalue weighted by Crippen LogP contribution is 2.39. The minimum absolute atomic E-state index is 0.182. The average Bonchev–Trinajstić information content (AvgIpc) is 3.21. The second-order valence-electron chi connectivity index (χ2n) is 12.5. The van der Waals surface area contributed by atoms with Crippen molar-refractivity contribution in [1.29, 1.82) is 31.6 Å². The van der Waals surface area contributed by atoms with Crippen molar-refractivity contribution in [2.75, 3.05) is 0 Å². The van der Waals surface area contributed by atoms with E-state index in [-0.39, 0.29) is 33.4 Å². The summed E-state index contributed by atoms with van der Waals surface area (Å²) in [6, 6.07) is 44.0. The second kappa shape index (κ2) is 16.3. The van der Waals surface area contributed by atoms with Crippen molar-refractivity contribution in [1.82, 2.24) is 0 Å². The van der Waals surface area contributed by atoms with Crippen LogP contribution < -0.4 is 14.2 Å². The zero-order chi connectivity index (χ0) is 38.9. The average molecular weight is 713 g/mol. The number of nitriles is 6. The smallest absolute Gasteiger partial charge is 0.134 e. The Kier molecular flexibility index (Phi) is 10.8. The lowest BCUT2D eigenvalue weighted by Gasteiger charge is -2.20.